The molecule has 0 spiro atoms. The number of carbonyl (C=O) groups excluding carboxylic acids is 1. The van der Waals surface area contributed by atoms with Crippen LogP contribution in [-0.4, -0.2) is 28.8 Å². The molecule has 2 heterocycles. The highest BCUT2D eigenvalue weighted by molar-refractivity contribution is 7.99. The average Bonchev–Trinajstić information content (AvgIpc) is 3.13. The second-order valence-corrected chi connectivity index (χ2v) is 8.54. The first-order valence-corrected chi connectivity index (χ1v) is 10.6. The van der Waals surface area contributed by atoms with Crippen molar-refractivity contribution < 1.29 is 22.7 Å². The molecule has 2 aromatic rings. The van der Waals surface area contributed by atoms with E-state index in [-0.39, 0.29) is 28.7 Å². The van der Waals surface area contributed by atoms with Crippen LogP contribution in [0, 0.1) is 11.7 Å². The van der Waals surface area contributed by atoms with Crippen molar-refractivity contribution in [3.8, 4) is 5.75 Å². The van der Waals surface area contributed by atoms with Crippen molar-refractivity contribution in [1.82, 2.24) is 10.3 Å². The van der Waals surface area contributed by atoms with Gasteiger partial charge in [0.2, 0.25) is 0 Å². The maximum absolute atomic E-state index is 14.8. The van der Waals surface area contributed by atoms with E-state index < -0.39 is 18.1 Å². The first-order valence-electron chi connectivity index (χ1n) is 9.54. The molecule has 2 aliphatic rings. The van der Waals surface area contributed by atoms with E-state index in [2.05, 4.69) is 20.4 Å². The molecule has 4 rings (SSSR count). The zero-order valence-electron chi connectivity index (χ0n) is 15.9. The van der Waals surface area contributed by atoms with Gasteiger partial charge in [0.1, 0.15) is 22.8 Å². The van der Waals surface area contributed by atoms with Crippen LogP contribution in [0.3, 0.4) is 0 Å². The molecule has 2 fully saturated rings. The lowest BCUT2D eigenvalue weighted by atomic mass is 9.80. The summed E-state index contributed by atoms with van der Waals surface area (Å²) in [6, 6.07) is 6.95. The van der Waals surface area contributed by atoms with Crippen LogP contribution in [0.1, 0.15) is 35.3 Å². The second-order valence-electron chi connectivity index (χ2n) is 7.37. The van der Waals surface area contributed by atoms with Gasteiger partial charge in [-0.2, -0.15) is 8.78 Å². The van der Waals surface area contributed by atoms with Crippen LogP contribution in [0.4, 0.5) is 18.9 Å². The number of ether oxygens (including phenoxy) is 1. The van der Waals surface area contributed by atoms with Crippen molar-refractivity contribution in [2.75, 3.05) is 11.1 Å². The number of nitrogens with one attached hydrogen (secondary N) is 2. The molecule has 0 bridgehead atoms. The Morgan fingerprint density at radius 3 is 2.93 bits per heavy atom. The Morgan fingerprint density at radius 1 is 1.37 bits per heavy atom. The summed E-state index contributed by atoms with van der Waals surface area (Å²) < 4.78 is 43.5. The number of amides is 1. The van der Waals surface area contributed by atoms with Crippen molar-refractivity contribution >= 4 is 23.4 Å². The number of carbonyl (C=O) groups is 1. The Morgan fingerprint density at radius 2 is 2.20 bits per heavy atom. The summed E-state index contributed by atoms with van der Waals surface area (Å²) in [7, 11) is 0. The summed E-state index contributed by atoms with van der Waals surface area (Å²) >= 11 is 1.62. The van der Waals surface area contributed by atoms with Crippen LogP contribution < -0.4 is 21.1 Å². The van der Waals surface area contributed by atoms with Gasteiger partial charge in [0.15, 0.2) is 0 Å². The molecule has 10 heteroatoms. The minimum Gasteiger partial charge on any atom is -0.433 e. The second kappa shape index (κ2) is 8.44. The zero-order valence-corrected chi connectivity index (χ0v) is 16.7. The smallest absolute Gasteiger partial charge is 0.387 e. The Labute approximate surface area is 175 Å². The van der Waals surface area contributed by atoms with Crippen LogP contribution in [0.15, 0.2) is 36.5 Å². The van der Waals surface area contributed by atoms with Crippen LogP contribution in [0.2, 0.25) is 0 Å². The van der Waals surface area contributed by atoms with E-state index in [1.165, 1.54) is 24.3 Å². The molecule has 0 radical (unpaired) electrons. The van der Waals surface area contributed by atoms with Crippen molar-refractivity contribution in [3.05, 3.63) is 53.6 Å². The molecule has 1 aliphatic carbocycles. The normalized spacial score (nSPS) is 25.8. The van der Waals surface area contributed by atoms with Gasteiger partial charge < -0.3 is 15.8 Å². The van der Waals surface area contributed by atoms with Gasteiger partial charge in [-0.05, 0) is 49.1 Å². The number of nitrogens with two attached hydrogens (primary N) is 1. The van der Waals surface area contributed by atoms with Gasteiger partial charge in [0.05, 0.1) is 11.7 Å². The number of alkyl halides is 2. The largest absolute Gasteiger partial charge is 0.433 e. The molecule has 1 aliphatic heterocycles. The lowest BCUT2D eigenvalue weighted by Gasteiger charge is -2.43. The zero-order chi connectivity index (χ0) is 21.3. The Kier molecular flexibility index (Phi) is 5.90. The minimum absolute atomic E-state index is 0.0219. The number of fused-ring (bicyclic) bond motifs is 1. The quantitative estimate of drug-likeness (QED) is 0.661. The highest BCUT2D eigenvalue weighted by Crippen LogP contribution is 2.49. The summed E-state index contributed by atoms with van der Waals surface area (Å²) in [5, 5.41) is 6.08. The molecule has 1 aromatic carbocycles. The number of thioether (sulfide) groups is 1. The fraction of sp³-hybridized carbons (Fsp3) is 0.400. The molecule has 1 saturated carbocycles. The summed E-state index contributed by atoms with van der Waals surface area (Å²) in [6.07, 6.45) is 3.77. The van der Waals surface area contributed by atoms with E-state index in [9.17, 15) is 18.0 Å². The molecule has 6 nitrogen and oxygen atoms in total. The predicted octanol–water partition coefficient (Wildman–Crippen LogP) is 3.65. The van der Waals surface area contributed by atoms with Gasteiger partial charge in [-0.1, -0.05) is 6.42 Å². The summed E-state index contributed by atoms with van der Waals surface area (Å²) in [4.78, 5) is 16.3. The molecule has 1 aromatic heterocycles. The van der Waals surface area contributed by atoms with Gasteiger partial charge in [-0.25, -0.2) is 9.37 Å². The van der Waals surface area contributed by atoms with E-state index in [0.29, 0.717) is 11.3 Å². The van der Waals surface area contributed by atoms with Crippen molar-refractivity contribution in [2.45, 2.75) is 36.9 Å². The van der Waals surface area contributed by atoms with E-state index in [1.807, 2.05) is 0 Å². The highest BCUT2D eigenvalue weighted by atomic mass is 32.2. The lowest BCUT2D eigenvalue weighted by molar-refractivity contribution is -0.0500. The molecule has 3 atom stereocenters. The van der Waals surface area contributed by atoms with Crippen LogP contribution in [0.5, 0.6) is 5.75 Å². The Hall–Kier alpha value is -2.30. The van der Waals surface area contributed by atoms with Gasteiger partial charge >= 0.3 is 6.61 Å². The third-order valence-electron chi connectivity index (χ3n) is 5.60. The third kappa shape index (κ3) is 4.12. The summed E-state index contributed by atoms with van der Waals surface area (Å²) in [5.41, 5.74) is 6.19. The monoisotopic (exact) mass is 438 g/mol. The molecule has 1 saturated heterocycles. The van der Waals surface area contributed by atoms with Crippen LogP contribution >= 0.6 is 11.8 Å². The Bertz CT molecular complexity index is 931. The Balaban J connectivity index is 1.55. The van der Waals surface area contributed by atoms with Crippen molar-refractivity contribution in [3.63, 3.8) is 0 Å². The van der Waals surface area contributed by atoms with Crippen LogP contribution in [-0.2, 0) is 5.54 Å². The number of hydrogen-bond acceptors (Lipinski definition) is 6. The fourth-order valence-electron chi connectivity index (χ4n) is 4.27. The summed E-state index contributed by atoms with van der Waals surface area (Å²) in [5.74, 6) is 0.0706. The molecule has 160 valence electrons. The number of aromatic nitrogens is 1. The molecule has 1 unspecified atom stereocenters. The van der Waals surface area contributed by atoms with Gasteiger partial charge in [0, 0.05) is 17.0 Å². The third-order valence-corrected chi connectivity index (χ3v) is 6.67. The van der Waals surface area contributed by atoms with Crippen molar-refractivity contribution in [2.24, 2.45) is 11.7 Å². The molecule has 4 N–H and O–H groups in total. The van der Waals surface area contributed by atoms with Gasteiger partial charge in [0.25, 0.3) is 5.91 Å². The van der Waals surface area contributed by atoms with E-state index in [1.54, 1.807) is 17.8 Å². The first kappa shape index (κ1) is 21.0. The number of pyridine rings is 1. The maximum atomic E-state index is 14.8. The number of anilines is 1. The van der Waals surface area contributed by atoms with Crippen molar-refractivity contribution in [1.29, 1.82) is 0 Å². The highest BCUT2D eigenvalue weighted by Gasteiger charge is 2.49. The predicted molar refractivity (Wildman–Crippen MR) is 108 cm³/mol. The molecule has 30 heavy (non-hydrogen) atoms. The maximum Gasteiger partial charge on any atom is 0.387 e. The number of halogens is 3. The van der Waals surface area contributed by atoms with Gasteiger partial charge in [-0.3, -0.25) is 10.1 Å². The topological polar surface area (TPSA) is 89.3 Å². The lowest BCUT2D eigenvalue weighted by Crippen LogP contribution is -2.57. The number of hydrogen-bond donors (Lipinski definition) is 3. The number of nitrogens with zero attached hydrogens (tertiary/aromatic N) is 1. The number of benzene rings is 1. The minimum atomic E-state index is -2.97. The first-order chi connectivity index (χ1) is 14.4. The van der Waals surface area contributed by atoms with Gasteiger partial charge in [-0.15, -0.1) is 11.8 Å². The molecular formula is C20H21F3N4O2S. The van der Waals surface area contributed by atoms with Crippen LogP contribution in [0.25, 0.3) is 0 Å². The standard InChI is InChI=1S/C20H21F3N4O2S/c21-15-5-3-12(26-17(28)16-6-4-13(9-25-16)29-18(22)23)8-14(15)20-7-1-2-11(20)10-30-19(24)27-20/h3-6,8-9,11,18-19,27H,1-2,7,10,24H2,(H,26,28)/t11-,19?,20-/m0/s1. The molecule has 1 amide bonds. The number of rotatable bonds is 5. The fourth-order valence-corrected chi connectivity index (χ4v) is 5.45. The van der Waals surface area contributed by atoms with E-state index in [0.717, 1.165) is 31.2 Å². The summed E-state index contributed by atoms with van der Waals surface area (Å²) in [6.45, 7) is -2.97. The average molecular weight is 438 g/mol. The SMILES string of the molecule is NC1N[C@@]2(c3cc(NC(=O)c4ccc(OC(F)F)cn4)ccc3F)CCC[C@H]2CS1. The molecular weight excluding hydrogens is 417 g/mol. The van der Waals surface area contributed by atoms with E-state index in [4.69, 9.17) is 5.73 Å². The van der Waals surface area contributed by atoms with E-state index >= 15 is 0 Å².